The lowest BCUT2D eigenvalue weighted by atomic mass is 9.68. The molecule has 1 N–H and O–H groups in total. The topological polar surface area (TPSA) is 12.0 Å². The van der Waals surface area contributed by atoms with E-state index in [0.29, 0.717) is 6.42 Å². The van der Waals surface area contributed by atoms with Gasteiger partial charge in [0.05, 0.1) is 5.41 Å². The first-order valence-corrected chi connectivity index (χ1v) is 3.73. The summed E-state index contributed by atoms with van der Waals surface area (Å²) in [5, 5.41) is 2.60. The lowest BCUT2D eigenvalue weighted by Crippen LogP contribution is -2.50. The molecule has 1 fully saturated rings. The zero-order valence-electron chi connectivity index (χ0n) is 6.46. The van der Waals surface area contributed by atoms with Crippen molar-refractivity contribution in [3.05, 3.63) is 0 Å². The van der Waals surface area contributed by atoms with Crippen molar-refractivity contribution in [2.45, 2.75) is 25.4 Å². The molecule has 66 valence electrons. The Morgan fingerprint density at radius 3 is 2.00 bits per heavy atom. The van der Waals surface area contributed by atoms with E-state index in [2.05, 4.69) is 5.32 Å². The number of alkyl halides is 3. The Labute approximate surface area is 64.0 Å². The summed E-state index contributed by atoms with van der Waals surface area (Å²) < 4.78 is 36.9. The third-order valence-corrected chi connectivity index (χ3v) is 2.43. The lowest BCUT2D eigenvalue weighted by Gasteiger charge is -2.43. The number of hydrogen-bond acceptors (Lipinski definition) is 1. The highest BCUT2D eigenvalue weighted by molar-refractivity contribution is 4.95. The van der Waals surface area contributed by atoms with Crippen LogP contribution >= 0.6 is 0 Å². The molecule has 1 aliphatic carbocycles. The van der Waals surface area contributed by atoms with Crippen LogP contribution in [0.1, 0.15) is 19.3 Å². The highest BCUT2D eigenvalue weighted by atomic mass is 19.4. The fraction of sp³-hybridized carbons (Fsp3) is 1.00. The first kappa shape index (κ1) is 8.84. The van der Waals surface area contributed by atoms with Crippen LogP contribution in [0.4, 0.5) is 13.2 Å². The SMILES string of the molecule is CNCC1(C(F)(F)F)CCC1. The Morgan fingerprint density at radius 2 is 1.91 bits per heavy atom. The molecule has 11 heavy (non-hydrogen) atoms. The lowest BCUT2D eigenvalue weighted by molar-refractivity contribution is -0.248. The van der Waals surface area contributed by atoms with Gasteiger partial charge in [-0.25, -0.2) is 0 Å². The molecule has 0 saturated heterocycles. The van der Waals surface area contributed by atoms with Crippen LogP contribution in [-0.2, 0) is 0 Å². The molecule has 1 aliphatic rings. The highest BCUT2D eigenvalue weighted by Gasteiger charge is 2.57. The van der Waals surface area contributed by atoms with Crippen molar-refractivity contribution >= 4 is 0 Å². The van der Waals surface area contributed by atoms with Crippen LogP contribution in [0.5, 0.6) is 0 Å². The van der Waals surface area contributed by atoms with Crippen molar-refractivity contribution in [1.29, 1.82) is 0 Å². The third-order valence-electron chi connectivity index (χ3n) is 2.43. The van der Waals surface area contributed by atoms with Crippen molar-refractivity contribution < 1.29 is 13.2 Å². The van der Waals surface area contributed by atoms with Gasteiger partial charge in [0.15, 0.2) is 0 Å². The minimum Gasteiger partial charge on any atom is -0.319 e. The Morgan fingerprint density at radius 1 is 1.36 bits per heavy atom. The van der Waals surface area contributed by atoms with Gasteiger partial charge in [-0.1, -0.05) is 6.42 Å². The van der Waals surface area contributed by atoms with E-state index in [0.717, 1.165) is 0 Å². The summed E-state index contributed by atoms with van der Waals surface area (Å²) in [5.74, 6) is 0. The van der Waals surface area contributed by atoms with E-state index in [1.807, 2.05) is 0 Å². The summed E-state index contributed by atoms with van der Waals surface area (Å²) in [6.45, 7) is 0.0660. The average molecular weight is 167 g/mol. The average Bonchev–Trinajstić information content (AvgIpc) is 1.75. The molecule has 0 aromatic rings. The standard InChI is InChI=1S/C7H12F3N/c1-11-5-6(3-2-4-6)7(8,9)10/h11H,2-5H2,1H3. The monoisotopic (exact) mass is 167 g/mol. The van der Waals surface area contributed by atoms with Gasteiger partial charge in [-0.3, -0.25) is 0 Å². The van der Waals surface area contributed by atoms with Crippen LogP contribution in [0, 0.1) is 5.41 Å². The maximum atomic E-state index is 12.3. The summed E-state index contributed by atoms with van der Waals surface area (Å²) in [4.78, 5) is 0. The molecule has 0 unspecified atom stereocenters. The second kappa shape index (κ2) is 2.66. The van der Waals surface area contributed by atoms with Crippen LogP contribution in [0.2, 0.25) is 0 Å². The van der Waals surface area contributed by atoms with E-state index in [1.165, 1.54) is 0 Å². The molecule has 0 aliphatic heterocycles. The molecule has 1 saturated carbocycles. The van der Waals surface area contributed by atoms with Crippen LogP contribution in [0.3, 0.4) is 0 Å². The second-order valence-corrected chi connectivity index (χ2v) is 3.16. The maximum absolute atomic E-state index is 12.3. The van der Waals surface area contributed by atoms with E-state index >= 15 is 0 Å². The smallest absolute Gasteiger partial charge is 0.319 e. The van der Waals surface area contributed by atoms with Crippen LogP contribution in [0.15, 0.2) is 0 Å². The minimum absolute atomic E-state index is 0.0660. The Hall–Kier alpha value is -0.250. The molecular weight excluding hydrogens is 155 g/mol. The van der Waals surface area contributed by atoms with E-state index < -0.39 is 11.6 Å². The van der Waals surface area contributed by atoms with Crippen LogP contribution in [-0.4, -0.2) is 19.8 Å². The number of halogens is 3. The molecule has 4 heteroatoms. The zero-order valence-corrected chi connectivity index (χ0v) is 6.46. The van der Waals surface area contributed by atoms with E-state index in [-0.39, 0.29) is 19.4 Å². The van der Waals surface area contributed by atoms with Gasteiger partial charge in [-0.05, 0) is 19.9 Å². The Kier molecular flexibility index (Phi) is 2.14. The summed E-state index contributed by atoms with van der Waals surface area (Å²) in [7, 11) is 1.56. The molecule has 1 rings (SSSR count). The Balaban J connectivity index is 2.60. The third kappa shape index (κ3) is 1.36. The van der Waals surface area contributed by atoms with Gasteiger partial charge in [0.2, 0.25) is 0 Å². The largest absolute Gasteiger partial charge is 0.395 e. The van der Waals surface area contributed by atoms with Gasteiger partial charge in [0.1, 0.15) is 0 Å². The molecule has 0 radical (unpaired) electrons. The highest BCUT2D eigenvalue weighted by Crippen LogP contribution is 2.52. The second-order valence-electron chi connectivity index (χ2n) is 3.16. The van der Waals surface area contributed by atoms with Crippen molar-refractivity contribution in [2.75, 3.05) is 13.6 Å². The van der Waals surface area contributed by atoms with E-state index in [4.69, 9.17) is 0 Å². The quantitative estimate of drug-likeness (QED) is 0.662. The fourth-order valence-electron chi connectivity index (χ4n) is 1.50. The molecule has 0 aromatic heterocycles. The number of nitrogens with one attached hydrogen (secondary N) is 1. The van der Waals surface area contributed by atoms with Gasteiger partial charge in [-0.15, -0.1) is 0 Å². The normalized spacial score (nSPS) is 22.9. The van der Waals surface area contributed by atoms with Gasteiger partial charge >= 0.3 is 6.18 Å². The van der Waals surface area contributed by atoms with Crippen LogP contribution in [0.25, 0.3) is 0 Å². The summed E-state index contributed by atoms with van der Waals surface area (Å²) in [6.07, 6.45) is -2.73. The molecule has 1 nitrogen and oxygen atoms in total. The fourth-order valence-corrected chi connectivity index (χ4v) is 1.50. The zero-order chi connectivity index (χ0) is 8.54. The molecule has 0 aromatic carbocycles. The van der Waals surface area contributed by atoms with Gasteiger partial charge < -0.3 is 5.32 Å². The molecule has 0 atom stereocenters. The predicted molar refractivity (Wildman–Crippen MR) is 36.3 cm³/mol. The van der Waals surface area contributed by atoms with Crippen molar-refractivity contribution in [2.24, 2.45) is 5.41 Å². The molecule has 0 spiro atoms. The summed E-state index contributed by atoms with van der Waals surface area (Å²) in [5.41, 5.74) is -1.40. The molecule has 0 bridgehead atoms. The first-order chi connectivity index (χ1) is 5.02. The van der Waals surface area contributed by atoms with Crippen molar-refractivity contribution in [3.63, 3.8) is 0 Å². The van der Waals surface area contributed by atoms with Crippen LogP contribution < -0.4 is 5.32 Å². The minimum atomic E-state index is -4.02. The van der Waals surface area contributed by atoms with E-state index in [1.54, 1.807) is 7.05 Å². The number of rotatable bonds is 2. The predicted octanol–water partition coefficient (Wildman–Crippen LogP) is 1.94. The van der Waals surface area contributed by atoms with Gasteiger partial charge in [0.25, 0.3) is 0 Å². The molecule has 0 amide bonds. The molecule has 0 heterocycles. The first-order valence-electron chi connectivity index (χ1n) is 3.73. The number of hydrogen-bond donors (Lipinski definition) is 1. The van der Waals surface area contributed by atoms with Gasteiger partial charge in [-0.2, -0.15) is 13.2 Å². The van der Waals surface area contributed by atoms with Crippen molar-refractivity contribution in [3.8, 4) is 0 Å². The maximum Gasteiger partial charge on any atom is 0.395 e. The summed E-state index contributed by atoms with van der Waals surface area (Å²) in [6, 6.07) is 0. The molecular formula is C7H12F3N. The summed E-state index contributed by atoms with van der Waals surface area (Å²) >= 11 is 0. The Bertz CT molecular complexity index is 137. The van der Waals surface area contributed by atoms with E-state index in [9.17, 15) is 13.2 Å². The van der Waals surface area contributed by atoms with Crippen molar-refractivity contribution in [1.82, 2.24) is 5.32 Å². The van der Waals surface area contributed by atoms with Gasteiger partial charge in [0, 0.05) is 6.54 Å².